The molecule has 1 fully saturated rings. The lowest BCUT2D eigenvalue weighted by atomic mass is 10.0. The third-order valence-corrected chi connectivity index (χ3v) is 5.95. The van der Waals surface area contributed by atoms with Crippen molar-refractivity contribution in [3.8, 4) is 5.75 Å². The Bertz CT molecular complexity index is 975. The Morgan fingerprint density at radius 1 is 0.966 bits per heavy atom. The summed E-state index contributed by atoms with van der Waals surface area (Å²) in [6.45, 7) is 3.01. The molecule has 1 aliphatic heterocycles. The molecule has 4 rings (SSSR count). The molecule has 1 aliphatic rings. The maximum absolute atomic E-state index is 13.4. The molecule has 0 unspecified atom stereocenters. The summed E-state index contributed by atoms with van der Waals surface area (Å²) in [7, 11) is 1.68. The van der Waals surface area contributed by atoms with Gasteiger partial charge in [0.2, 0.25) is 0 Å². The number of amides is 1. The Kier molecular flexibility index (Phi) is 5.96. The highest BCUT2D eigenvalue weighted by atomic mass is 32.1. The molecule has 0 N–H and O–H groups in total. The van der Waals surface area contributed by atoms with Crippen LogP contribution in [0.25, 0.3) is 11.6 Å². The van der Waals surface area contributed by atoms with Crippen molar-refractivity contribution in [1.82, 2.24) is 4.90 Å². The van der Waals surface area contributed by atoms with Gasteiger partial charge >= 0.3 is 0 Å². The summed E-state index contributed by atoms with van der Waals surface area (Å²) >= 11 is 1.64. The lowest BCUT2D eigenvalue weighted by Crippen LogP contribution is -2.49. The van der Waals surface area contributed by atoms with E-state index in [1.165, 1.54) is 0 Å². The highest BCUT2D eigenvalue weighted by molar-refractivity contribution is 7.11. The van der Waals surface area contributed by atoms with E-state index in [1.807, 2.05) is 77.0 Å². The van der Waals surface area contributed by atoms with E-state index in [-0.39, 0.29) is 5.91 Å². The number of carbonyl (C=O) groups is 1. The molecule has 3 aromatic rings. The summed E-state index contributed by atoms with van der Waals surface area (Å²) in [6, 6.07) is 22.1. The lowest BCUT2D eigenvalue weighted by molar-refractivity contribution is -0.125. The number of piperazine rings is 1. The van der Waals surface area contributed by atoms with Crippen molar-refractivity contribution in [2.45, 2.75) is 0 Å². The van der Waals surface area contributed by atoms with Gasteiger partial charge in [-0.1, -0.05) is 42.5 Å². The van der Waals surface area contributed by atoms with Crippen LogP contribution in [0.15, 0.2) is 72.1 Å². The molecule has 5 heteroatoms. The van der Waals surface area contributed by atoms with E-state index in [1.54, 1.807) is 18.4 Å². The minimum atomic E-state index is 0.0925. The SMILES string of the molecule is COc1cccc(N2CCN(C(=O)C(=Cc3cccs3)c3ccccc3)CC2)c1. The molecule has 2 heterocycles. The number of hydrogen-bond acceptors (Lipinski definition) is 4. The first-order valence-corrected chi connectivity index (χ1v) is 10.6. The highest BCUT2D eigenvalue weighted by Gasteiger charge is 2.24. The average Bonchev–Trinajstić information content (AvgIpc) is 3.31. The predicted octanol–water partition coefficient (Wildman–Crippen LogP) is 4.65. The molecule has 1 saturated heterocycles. The van der Waals surface area contributed by atoms with Crippen molar-refractivity contribution in [3.05, 3.63) is 82.6 Å². The van der Waals surface area contributed by atoms with Gasteiger partial charge in [0.15, 0.2) is 0 Å². The normalized spacial score (nSPS) is 14.7. The number of carbonyl (C=O) groups excluding carboxylic acids is 1. The Labute approximate surface area is 175 Å². The van der Waals surface area contributed by atoms with Crippen molar-refractivity contribution >= 4 is 34.6 Å². The molecule has 0 saturated carbocycles. The minimum absolute atomic E-state index is 0.0925. The van der Waals surface area contributed by atoms with Crippen molar-refractivity contribution in [1.29, 1.82) is 0 Å². The largest absolute Gasteiger partial charge is 0.497 e. The monoisotopic (exact) mass is 404 g/mol. The number of ether oxygens (including phenoxy) is 1. The zero-order chi connectivity index (χ0) is 20.1. The Morgan fingerprint density at radius 3 is 2.45 bits per heavy atom. The van der Waals surface area contributed by atoms with Crippen LogP contribution in [0.3, 0.4) is 0 Å². The Hall–Kier alpha value is -3.05. The average molecular weight is 405 g/mol. The Morgan fingerprint density at radius 2 is 1.76 bits per heavy atom. The van der Waals surface area contributed by atoms with Gasteiger partial charge in [-0.15, -0.1) is 11.3 Å². The molecule has 1 aromatic heterocycles. The summed E-state index contributed by atoms with van der Waals surface area (Å²) in [6.07, 6.45) is 2.01. The maximum Gasteiger partial charge on any atom is 0.254 e. The topological polar surface area (TPSA) is 32.8 Å². The van der Waals surface area contributed by atoms with Crippen LogP contribution in [-0.2, 0) is 4.79 Å². The van der Waals surface area contributed by atoms with E-state index in [0.717, 1.165) is 40.5 Å². The van der Waals surface area contributed by atoms with Gasteiger partial charge in [-0.25, -0.2) is 0 Å². The lowest BCUT2D eigenvalue weighted by Gasteiger charge is -2.36. The van der Waals surface area contributed by atoms with Gasteiger partial charge in [-0.05, 0) is 35.2 Å². The number of nitrogens with zero attached hydrogens (tertiary/aromatic N) is 2. The molecule has 0 atom stereocenters. The summed E-state index contributed by atoms with van der Waals surface area (Å²) in [5.41, 5.74) is 2.85. The van der Waals surface area contributed by atoms with Crippen LogP contribution in [0.1, 0.15) is 10.4 Å². The van der Waals surface area contributed by atoms with E-state index in [9.17, 15) is 4.79 Å². The first-order valence-electron chi connectivity index (χ1n) is 9.73. The number of methoxy groups -OCH3 is 1. The van der Waals surface area contributed by atoms with Gasteiger partial charge in [0.1, 0.15) is 5.75 Å². The smallest absolute Gasteiger partial charge is 0.254 e. The zero-order valence-corrected chi connectivity index (χ0v) is 17.3. The van der Waals surface area contributed by atoms with E-state index < -0.39 is 0 Å². The van der Waals surface area contributed by atoms with Crippen LogP contribution in [0.4, 0.5) is 5.69 Å². The number of hydrogen-bond donors (Lipinski definition) is 0. The number of benzene rings is 2. The molecular weight excluding hydrogens is 380 g/mol. The molecule has 0 spiro atoms. The molecule has 0 bridgehead atoms. The molecule has 4 nitrogen and oxygen atoms in total. The van der Waals surface area contributed by atoms with E-state index >= 15 is 0 Å². The number of thiophene rings is 1. The van der Waals surface area contributed by atoms with Crippen LogP contribution in [0.5, 0.6) is 5.75 Å². The Balaban J connectivity index is 1.51. The molecule has 0 radical (unpaired) electrons. The van der Waals surface area contributed by atoms with Crippen molar-refractivity contribution in [2.75, 3.05) is 38.2 Å². The van der Waals surface area contributed by atoms with Gasteiger partial charge < -0.3 is 14.5 Å². The van der Waals surface area contributed by atoms with Crippen LogP contribution in [-0.4, -0.2) is 44.1 Å². The highest BCUT2D eigenvalue weighted by Crippen LogP contribution is 2.26. The van der Waals surface area contributed by atoms with Gasteiger partial charge in [0, 0.05) is 48.4 Å². The second-order valence-electron chi connectivity index (χ2n) is 6.92. The summed E-state index contributed by atoms with van der Waals surface area (Å²) in [5.74, 6) is 0.946. The quantitative estimate of drug-likeness (QED) is 0.581. The molecule has 148 valence electrons. The van der Waals surface area contributed by atoms with Crippen molar-refractivity contribution in [2.24, 2.45) is 0 Å². The number of rotatable bonds is 5. The van der Waals surface area contributed by atoms with Gasteiger partial charge in [0.25, 0.3) is 5.91 Å². The standard InChI is InChI=1S/C24H24N2O2S/c1-28-21-10-5-9-20(17-21)25-12-14-26(15-13-25)24(27)23(18-22-11-6-16-29-22)19-7-3-2-4-8-19/h2-11,16-18H,12-15H2,1H3. The van der Waals surface area contributed by atoms with Gasteiger partial charge in [-0.2, -0.15) is 0 Å². The fraction of sp³-hybridized carbons (Fsp3) is 0.208. The maximum atomic E-state index is 13.4. The van der Waals surface area contributed by atoms with Crippen LogP contribution in [0.2, 0.25) is 0 Å². The first-order chi connectivity index (χ1) is 14.2. The molecule has 0 aliphatic carbocycles. The van der Waals surface area contributed by atoms with Gasteiger partial charge in [0.05, 0.1) is 7.11 Å². The minimum Gasteiger partial charge on any atom is -0.497 e. The predicted molar refractivity (Wildman–Crippen MR) is 120 cm³/mol. The molecule has 29 heavy (non-hydrogen) atoms. The zero-order valence-electron chi connectivity index (χ0n) is 16.5. The third kappa shape index (κ3) is 4.51. The molecular formula is C24H24N2O2S. The van der Waals surface area contributed by atoms with E-state index in [2.05, 4.69) is 11.0 Å². The second kappa shape index (κ2) is 8.97. The first kappa shape index (κ1) is 19.3. The van der Waals surface area contributed by atoms with Crippen molar-refractivity contribution < 1.29 is 9.53 Å². The van der Waals surface area contributed by atoms with Crippen LogP contribution < -0.4 is 9.64 Å². The summed E-state index contributed by atoms with van der Waals surface area (Å²) < 4.78 is 5.34. The van der Waals surface area contributed by atoms with Crippen LogP contribution >= 0.6 is 11.3 Å². The molecule has 2 aromatic carbocycles. The molecule has 1 amide bonds. The van der Waals surface area contributed by atoms with Gasteiger partial charge in [-0.3, -0.25) is 4.79 Å². The second-order valence-corrected chi connectivity index (χ2v) is 7.90. The van der Waals surface area contributed by atoms with Crippen molar-refractivity contribution in [3.63, 3.8) is 0 Å². The van der Waals surface area contributed by atoms with Crippen LogP contribution in [0, 0.1) is 0 Å². The fourth-order valence-corrected chi connectivity index (χ4v) is 4.20. The fourth-order valence-electron chi connectivity index (χ4n) is 3.55. The van der Waals surface area contributed by atoms with E-state index in [0.29, 0.717) is 13.1 Å². The summed E-state index contributed by atoms with van der Waals surface area (Å²) in [4.78, 5) is 18.7. The third-order valence-electron chi connectivity index (χ3n) is 5.13. The number of anilines is 1. The van der Waals surface area contributed by atoms with E-state index in [4.69, 9.17) is 4.74 Å². The summed E-state index contributed by atoms with van der Waals surface area (Å²) in [5, 5.41) is 2.03.